The molecule has 1 heterocycles. The summed E-state index contributed by atoms with van der Waals surface area (Å²) in [5.41, 5.74) is 1.04. The number of hydrogen-bond acceptors (Lipinski definition) is 5. The Kier molecular flexibility index (Phi) is 8.18. The largest absolute Gasteiger partial charge is 0.497 e. The van der Waals surface area contributed by atoms with Gasteiger partial charge in [0.15, 0.2) is 0 Å². The highest BCUT2D eigenvalue weighted by Crippen LogP contribution is 2.49. The molecule has 5 nitrogen and oxygen atoms in total. The number of carbonyl (C=O) groups excluding carboxylic acids is 2. The molecule has 0 N–H and O–H groups in total. The zero-order valence-electron chi connectivity index (χ0n) is 21.2. The molecule has 1 fully saturated rings. The van der Waals surface area contributed by atoms with Crippen LogP contribution in [0.15, 0.2) is 115 Å². The highest BCUT2D eigenvalue weighted by atomic mass is 35.5. The lowest BCUT2D eigenvalue weighted by Gasteiger charge is -2.45. The van der Waals surface area contributed by atoms with E-state index in [-0.39, 0.29) is 17.9 Å². The minimum atomic E-state index is -2.96. The van der Waals surface area contributed by atoms with E-state index in [0.717, 1.165) is 21.5 Å². The minimum absolute atomic E-state index is 0.0221. The normalized spacial score (nSPS) is 16.8. The molecule has 2 atom stereocenters. The Morgan fingerprint density at radius 3 is 1.69 bits per heavy atom. The van der Waals surface area contributed by atoms with Gasteiger partial charge in [-0.25, -0.2) is 4.79 Å². The second-order valence-electron chi connectivity index (χ2n) is 8.95. The van der Waals surface area contributed by atoms with Gasteiger partial charge in [-0.05, 0) is 33.6 Å². The maximum absolute atomic E-state index is 14.3. The van der Waals surface area contributed by atoms with Crippen molar-refractivity contribution in [3.63, 3.8) is 0 Å². The predicted octanol–water partition coefficient (Wildman–Crippen LogP) is 4.57. The van der Waals surface area contributed by atoms with E-state index >= 15 is 0 Å². The molecular weight excluding hydrogens is 549 g/mol. The van der Waals surface area contributed by atoms with Gasteiger partial charge in [0.25, 0.3) is 0 Å². The number of benzene rings is 4. The molecule has 0 aromatic heterocycles. The molecule has 0 spiro atoms. The zero-order valence-corrected chi connectivity index (χ0v) is 23.7. The summed E-state index contributed by atoms with van der Waals surface area (Å²) in [7, 11) is 1.60. The van der Waals surface area contributed by atoms with Crippen molar-refractivity contribution in [2.24, 2.45) is 0 Å². The number of β-lactam (4-membered cyclic amide) rings is 1. The van der Waals surface area contributed by atoms with E-state index in [0.29, 0.717) is 5.75 Å². The maximum Gasteiger partial charge on any atom is 0.356 e. The van der Waals surface area contributed by atoms with Crippen LogP contribution in [0.4, 0.5) is 0 Å². The topological polar surface area (TPSA) is 55.8 Å². The third-order valence-electron chi connectivity index (χ3n) is 6.69. The maximum atomic E-state index is 14.3. The van der Waals surface area contributed by atoms with Gasteiger partial charge in [-0.2, -0.15) is 12.6 Å². The van der Waals surface area contributed by atoms with Crippen LogP contribution in [0.3, 0.4) is 0 Å². The number of likely N-dealkylation sites (tertiary alicyclic amines) is 1. The van der Waals surface area contributed by atoms with Gasteiger partial charge >= 0.3 is 5.97 Å². The van der Waals surface area contributed by atoms with E-state index in [9.17, 15) is 9.59 Å². The Hall–Kier alpha value is -3.44. The number of amides is 1. The Labute approximate surface area is 238 Å². The highest BCUT2D eigenvalue weighted by Gasteiger charge is 2.51. The molecule has 198 valence electrons. The molecule has 5 rings (SSSR count). The van der Waals surface area contributed by atoms with E-state index in [1.165, 1.54) is 4.90 Å². The third-order valence-corrected chi connectivity index (χ3v) is 12.1. The molecule has 0 unspecified atom stereocenters. The lowest BCUT2D eigenvalue weighted by molar-refractivity contribution is -0.142. The minimum Gasteiger partial charge on any atom is -0.497 e. The standard InChI is InChI=1S/C31H27ClNO4PS/c1-36-23-19-17-22(18-20-23)21-37-31(35)29(33-28(34)27(32)30(33)39)38(24-11-5-2-6-12-24,25-13-7-3-8-14-25)26-15-9-4-10-16-26/h2-20,27,30,39H,21H2,1H3/t27-,30+/m0/s1. The summed E-state index contributed by atoms with van der Waals surface area (Å²) < 4.78 is 11.2. The smallest absolute Gasteiger partial charge is 0.356 e. The number of esters is 1. The first-order valence-corrected chi connectivity index (χ1v) is 15.1. The van der Waals surface area contributed by atoms with Crippen molar-refractivity contribution in [2.75, 3.05) is 7.11 Å². The summed E-state index contributed by atoms with van der Waals surface area (Å²) in [6.07, 6.45) is 0. The van der Waals surface area contributed by atoms with Gasteiger partial charge in [0.05, 0.1) is 7.11 Å². The molecule has 0 bridgehead atoms. The molecule has 1 amide bonds. The van der Waals surface area contributed by atoms with Gasteiger partial charge in [-0.15, -0.1) is 11.6 Å². The van der Waals surface area contributed by atoms with Crippen molar-refractivity contribution in [3.05, 3.63) is 121 Å². The van der Waals surface area contributed by atoms with Crippen LogP contribution in [0.5, 0.6) is 5.75 Å². The van der Waals surface area contributed by atoms with E-state index in [1.807, 2.05) is 115 Å². The average Bonchev–Trinajstić information content (AvgIpc) is 3.01. The number of ether oxygens (including phenoxy) is 2. The summed E-state index contributed by atoms with van der Waals surface area (Å²) >= 11 is 11.0. The van der Waals surface area contributed by atoms with E-state index in [4.69, 9.17) is 21.1 Å². The van der Waals surface area contributed by atoms with Crippen molar-refractivity contribution in [1.29, 1.82) is 0 Å². The van der Waals surface area contributed by atoms with Crippen LogP contribution in [-0.4, -0.2) is 40.1 Å². The van der Waals surface area contributed by atoms with Gasteiger partial charge in [0.1, 0.15) is 28.5 Å². The molecule has 1 saturated heterocycles. The summed E-state index contributed by atoms with van der Waals surface area (Å²) in [6.45, 7) is -2.93. The molecular formula is C31H27ClNO4PS. The first-order valence-electron chi connectivity index (χ1n) is 12.4. The number of carbonyl (C=O) groups is 2. The number of thiol groups is 1. The summed E-state index contributed by atoms with van der Waals surface area (Å²) in [5.74, 6) is -0.261. The number of hydrogen-bond donors (Lipinski definition) is 1. The molecule has 4 aromatic rings. The van der Waals surface area contributed by atoms with Gasteiger partial charge in [0, 0.05) is 6.89 Å². The van der Waals surface area contributed by atoms with Crippen molar-refractivity contribution in [1.82, 2.24) is 4.90 Å². The van der Waals surface area contributed by atoms with Crippen LogP contribution in [-0.2, 0) is 20.9 Å². The van der Waals surface area contributed by atoms with Crippen molar-refractivity contribution >= 4 is 64.3 Å². The van der Waals surface area contributed by atoms with Crippen LogP contribution in [0.1, 0.15) is 5.56 Å². The fraction of sp³-hybridized carbons (Fsp3) is 0.129. The number of halogens is 1. The second kappa shape index (κ2) is 11.7. The van der Waals surface area contributed by atoms with Crippen molar-refractivity contribution in [2.45, 2.75) is 17.4 Å². The number of nitrogens with zero attached hydrogens (tertiary/aromatic N) is 1. The van der Waals surface area contributed by atoms with Crippen molar-refractivity contribution in [3.8, 4) is 5.75 Å². The van der Waals surface area contributed by atoms with E-state index < -0.39 is 23.6 Å². The average molecular weight is 576 g/mol. The summed E-state index contributed by atoms with van der Waals surface area (Å²) in [4.78, 5) is 29.1. The van der Waals surface area contributed by atoms with E-state index in [2.05, 4.69) is 12.6 Å². The van der Waals surface area contributed by atoms with Gasteiger partial charge in [-0.3, -0.25) is 9.69 Å². The van der Waals surface area contributed by atoms with E-state index in [1.54, 1.807) is 7.11 Å². The van der Waals surface area contributed by atoms with Crippen LogP contribution >= 0.6 is 31.1 Å². The molecule has 0 aliphatic carbocycles. The van der Waals surface area contributed by atoms with Crippen LogP contribution in [0.25, 0.3) is 0 Å². The number of alkyl halides is 1. The van der Waals surface area contributed by atoms with Crippen LogP contribution in [0, 0.1) is 0 Å². The highest BCUT2D eigenvalue weighted by molar-refractivity contribution is 7.96. The molecule has 4 aromatic carbocycles. The van der Waals surface area contributed by atoms with Gasteiger partial charge in [0.2, 0.25) is 5.91 Å². The Bertz CT molecular complexity index is 1410. The molecule has 8 heteroatoms. The Morgan fingerprint density at radius 1 is 0.821 bits per heavy atom. The van der Waals surface area contributed by atoms with Crippen LogP contribution < -0.4 is 20.7 Å². The fourth-order valence-electron chi connectivity index (χ4n) is 4.77. The second-order valence-corrected chi connectivity index (χ2v) is 13.3. The predicted molar refractivity (Wildman–Crippen MR) is 162 cm³/mol. The first-order chi connectivity index (χ1) is 19.0. The molecule has 1 aliphatic rings. The number of rotatable bonds is 8. The van der Waals surface area contributed by atoms with Crippen molar-refractivity contribution < 1.29 is 19.1 Å². The lowest BCUT2D eigenvalue weighted by atomic mass is 10.2. The number of methoxy groups -OCH3 is 1. The molecule has 0 radical (unpaired) electrons. The van der Waals surface area contributed by atoms with Gasteiger partial charge < -0.3 is 9.47 Å². The fourth-order valence-corrected chi connectivity index (χ4v) is 9.81. The SMILES string of the molecule is COc1ccc(COC(=O)C(N2C(=O)[C@H](Cl)[C@H]2S)=P(c2ccccc2)(c2ccccc2)c2ccccc2)cc1. The Morgan fingerprint density at radius 2 is 1.28 bits per heavy atom. The molecule has 39 heavy (non-hydrogen) atoms. The lowest BCUT2D eigenvalue weighted by Crippen LogP contribution is -2.64. The van der Waals surface area contributed by atoms with Gasteiger partial charge in [-0.1, -0.05) is 103 Å². The molecule has 0 saturated carbocycles. The first kappa shape index (κ1) is 27.1. The quantitative estimate of drug-likeness (QED) is 0.110. The Balaban J connectivity index is 1.80. The monoisotopic (exact) mass is 575 g/mol. The summed E-state index contributed by atoms with van der Waals surface area (Å²) in [5, 5.41) is 1.20. The molecule has 1 aliphatic heterocycles. The van der Waals surface area contributed by atoms with Crippen LogP contribution in [0.2, 0.25) is 0 Å². The zero-order chi connectivity index (χ0) is 27.4. The summed E-state index contributed by atoms with van der Waals surface area (Å²) in [6, 6.07) is 36.7. The third kappa shape index (κ3) is 5.00.